The zero-order valence-corrected chi connectivity index (χ0v) is 18.6. The maximum Gasteiger partial charge on any atom is 0.225 e. The summed E-state index contributed by atoms with van der Waals surface area (Å²) in [5.74, 6) is 0.776. The van der Waals surface area contributed by atoms with Crippen LogP contribution in [0.15, 0.2) is 54.6 Å². The Hall–Kier alpha value is -2.37. The lowest BCUT2D eigenvalue weighted by Gasteiger charge is -2.34. The maximum absolute atomic E-state index is 12.5. The van der Waals surface area contributed by atoms with Gasteiger partial charge in [-0.3, -0.25) is 4.79 Å². The Labute approximate surface area is 186 Å². The van der Waals surface area contributed by atoms with Crippen molar-refractivity contribution in [2.45, 2.75) is 44.1 Å². The minimum absolute atomic E-state index is 0.0870. The van der Waals surface area contributed by atoms with Crippen molar-refractivity contribution in [2.75, 3.05) is 50.1 Å². The number of benzene rings is 2. The van der Waals surface area contributed by atoms with Gasteiger partial charge in [0.2, 0.25) is 5.91 Å². The molecule has 0 bridgehead atoms. The highest BCUT2D eigenvalue weighted by Crippen LogP contribution is 2.34. The lowest BCUT2D eigenvalue weighted by Crippen LogP contribution is -2.36. The number of amides is 1. The van der Waals surface area contributed by atoms with Crippen LogP contribution in [-0.2, 0) is 9.53 Å². The van der Waals surface area contributed by atoms with Gasteiger partial charge in [0, 0.05) is 43.5 Å². The predicted molar refractivity (Wildman–Crippen MR) is 127 cm³/mol. The van der Waals surface area contributed by atoms with Crippen LogP contribution in [0, 0.1) is 0 Å². The van der Waals surface area contributed by atoms with Crippen molar-refractivity contribution in [3.05, 3.63) is 60.2 Å². The van der Waals surface area contributed by atoms with Crippen molar-refractivity contribution >= 4 is 17.3 Å². The predicted octanol–water partition coefficient (Wildman–Crippen LogP) is 4.51. The summed E-state index contributed by atoms with van der Waals surface area (Å²) >= 11 is 0. The van der Waals surface area contributed by atoms with E-state index in [1.54, 1.807) is 0 Å². The fourth-order valence-electron chi connectivity index (χ4n) is 4.84. The van der Waals surface area contributed by atoms with Gasteiger partial charge < -0.3 is 19.9 Å². The van der Waals surface area contributed by atoms with E-state index in [-0.39, 0.29) is 5.91 Å². The van der Waals surface area contributed by atoms with Crippen LogP contribution in [0.5, 0.6) is 0 Å². The molecule has 2 aliphatic rings. The number of hydrogen-bond donors (Lipinski definition) is 1. The van der Waals surface area contributed by atoms with Crippen LogP contribution < -0.4 is 10.2 Å². The zero-order valence-electron chi connectivity index (χ0n) is 18.6. The molecule has 1 saturated carbocycles. The Morgan fingerprint density at radius 1 is 1.00 bits per heavy atom. The first-order valence-electron chi connectivity index (χ1n) is 11.7. The normalized spacial score (nSPS) is 21.8. The first kappa shape index (κ1) is 21.8. The van der Waals surface area contributed by atoms with E-state index in [0.717, 1.165) is 38.5 Å². The highest BCUT2D eigenvalue weighted by atomic mass is 16.5. The minimum Gasteiger partial charge on any atom is -0.378 e. The van der Waals surface area contributed by atoms with Gasteiger partial charge in [0.25, 0.3) is 0 Å². The highest BCUT2D eigenvalue weighted by molar-refractivity contribution is 5.91. The van der Waals surface area contributed by atoms with Gasteiger partial charge in [-0.1, -0.05) is 30.3 Å². The van der Waals surface area contributed by atoms with Crippen LogP contribution in [0.25, 0.3) is 0 Å². The number of hydrogen-bond acceptors (Lipinski definition) is 4. The van der Waals surface area contributed by atoms with Gasteiger partial charge in [0.1, 0.15) is 0 Å². The molecule has 1 N–H and O–H groups in total. The molecule has 5 heteroatoms. The molecule has 1 aliphatic carbocycles. The molecule has 2 fully saturated rings. The summed E-state index contributed by atoms with van der Waals surface area (Å²) in [6.45, 7) is 4.20. The monoisotopic (exact) mass is 421 g/mol. The first-order valence-corrected chi connectivity index (χ1v) is 11.7. The van der Waals surface area contributed by atoms with Gasteiger partial charge in [0.15, 0.2) is 0 Å². The van der Waals surface area contributed by atoms with Gasteiger partial charge >= 0.3 is 0 Å². The lowest BCUT2D eigenvalue weighted by atomic mass is 9.81. The van der Waals surface area contributed by atoms with Crippen molar-refractivity contribution in [1.82, 2.24) is 4.90 Å². The van der Waals surface area contributed by atoms with Crippen molar-refractivity contribution in [1.29, 1.82) is 0 Å². The Kier molecular flexibility index (Phi) is 7.60. The smallest absolute Gasteiger partial charge is 0.225 e. The number of carbonyl (C=O) groups excluding carboxylic acids is 1. The molecule has 2 aromatic carbocycles. The number of nitrogens with zero attached hydrogens (tertiary/aromatic N) is 2. The number of morpholine rings is 1. The summed E-state index contributed by atoms with van der Waals surface area (Å²) < 4.78 is 5.41. The van der Waals surface area contributed by atoms with E-state index in [1.165, 1.54) is 36.9 Å². The number of anilines is 2. The molecular formula is C26H35N3O2. The van der Waals surface area contributed by atoms with Crippen molar-refractivity contribution in [3.8, 4) is 0 Å². The van der Waals surface area contributed by atoms with Gasteiger partial charge in [0.05, 0.1) is 13.2 Å². The molecule has 31 heavy (non-hydrogen) atoms. The fraction of sp³-hybridized carbons (Fsp3) is 0.500. The number of nitrogens with one attached hydrogen (secondary N) is 1. The summed E-state index contributed by atoms with van der Waals surface area (Å²) in [4.78, 5) is 17.2. The van der Waals surface area contributed by atoms with Crippen LogP contribution in [0.3, 0.4) is 0 Å². The molecule has 0 atom stereocenters. The van der Waals surface area contributed by atoms with E-state index in [2.05, 4.69) is 64.6 Å². The third kappa shape index (κ3) is 6.08. The molecule has 166 valence electrons. The molecule has 0 radical (unpaired) electrons. The maximum atomic E-state index is 12.5. The van der Waals surface area contributed by atoms with Crippen LogP contribution in [0.4, 0.5) is 11.4 Å². The molecule has 1 aliphatic heterocycles. The molecule has 0 aromatic heterocycles. The van der Waals surface area contributed by atoms with Gasteiger partial charge in [-0.15, -0.1) is 0 Å². The Bertz CT molecular complexity index is 810. The molecule has 5 nitrogen and oxygen atoms in total. The Balaban J connectivity index is 1.18. The van der Waals surface area contributed by atoms with Gasteiger partial charge in [-0.2, -0.15) is 0 Å². The van der Waals surface area contributed by atoms with Crippen LogP contribution in [0.1, 0.15) is 43.6 Å². The first-order chi connectivity index (χ1) is 15.2. The fourth-order valence-corrected chi connectivity index (χ4v) is 4.84. The average molecular weight is 422 g/mol. The van der Waals surface area contributed by atoms with E-state index >= 15 is 0 Å². The van der Waals surface area contributed by atoms with E-state index < -0.39 is 0 Å². The lowest BCUT2D eigenvalue weighted by molar-refractivity contribution is -0.116. The third-order valence-electron chi connectivity index (χ3n) is 6.81. The summed E-state index contributed by atoms with van der Waals surface area (Å²) in [6.07, 6.45) is 5.42. The van der Waals surface area contributed by atoms with E-state index in [4.69, 9.17) is 4.74 Å². The van der Waals surface area contributed by atoms with Gasteiger partial charge in [-0.25, -0.2) is 0 Å². The van der Waals surface area contributed by atoms with Crippen LogP contribution in [-0.4, -0.2) is 56.7 Å². The average Bonchev–Trinajstić information content (AvgIpc) is 2.84. The molecular weight excluding hydrogens is 386 g/mol. The van der Waals surface area contributed by atoms with E-state index in [0.29, 0.717) is 18.4 Å². The van der Waals surface area contributed by atoms with Crippen molar-refractivity contribution in [3.63, 3.8) is 0 Å². The zero-order chi connectivity index (χ0) is 21.5. The summed E-state index contributed by atoms with van der Waals surface area (Å²) in [6, 6.07) is 19.6. The summed E-state index contributed by atoms with van der Waals surface area (Å²) in [7, 11) is 2.16. The van der Waals surface area contributed by atoms with E-state index in [1.807, 2.05) is 12.1 Å². The number of ether oxygens (including phenoxy) is 1. The molecule has 1 saturated heterocycles. The Morgan fingerprint density at radius 3 is 2.35 bits per heavy atom. The van der Waals surface area contributed by atoms with Gasteiger partial charge in [-0.05, 0) is 68.5 Å². The molecule has 1 heterocycles. The van der Waals surface area contributed by atoms with Crippen LogP contribution in [0.2, 0.25) is 0 Å². The van der Waals surface area contributed by atoms with Crippen molar-refractivity contribution < 1.29 is 9.53 Å². The second-order valence-corrected chi connectivity index (χ2v) is 8.84. The number of rotatable bonds is 7. The second-order valence-electron chi connectivity index (χ2n) is 8.84. The number of carbonyl (C=O) groups is 1. The van der Waals surface area contributed by atoms with Crippen molar-refractivity contribution in [2.24, 2.45) is 0 Å². The molecule has 0 spiro atoms. The molecule has 4 rings (SSSR count). The Morgan fingerprint density at radius 2 is 1.68 bits per heavy atom. The quantitative estimate of drug-likeness (QED) is 0.714. The summed E-state index contributed by atoms with van der Waals surface area (Å²) in [5, 5.41) is 3.05. The van der Waals surface area contributed by atoms with E-state index in [9.17, 15) is 4.79 Å². The minimum atomic E-state index is 0.0870. The third-order valence-corrected chi connectivity index (χ3v) is 6.81. The highest BCUT2D eigenvalue weighted by Gasteiger charge is 2.25. The topological polar surface area (TPSA) is 44.8 Å². The largest absolute Gasteiger partial charge is 0.378 e. The molecule has 1 amide bonds. The summed E-state index contributed by atoms with van der Waals surface area (Å²) in [5.41, 5.74) is 3.53. The molecule has 0 unspecified atom stereocenters. The SMILES string of the molecule is CN(CCC(=O)Nc1ccc(N2CCOCC2)cc1)C1CCC(c2ccccc2)CC1. The van der Waals surface area contributed by atoms with Crippen LogP contribution >= 0.6 is 0 Å². The standard InChI is InChI=1S/C26H35N3O2/c1-28(24-11-7-22(8-12-24)21-5-3-2-4-6-21)16-15-26(30)27-23-9-13-25(14-10-23)29-17-19-31-20-18-29/h2-6,9-10,13-14,22,24H,7-8,11-12,15-20H2,1H3,(H,27,30). The second kappa shape index (κ2) is 10.8. The molecule has 2 aromatic rings.